The average molecular weight is 330 g/mol. The van der Waals surface area contributed by atoms with Crippen molar-refractivity contribution in [2.75, 3.05) is 0 Å². The lowest BCUT2D eigenvalue weighted by molar-refractivity contribution is 0.636. The molecule has 0 aliphatic carbocycles. The monoisotopic (exact) mass is 330 g/mol. The summed E-state index contributed by atoms with van der Waals surface area (Å²) in [4.78, 5) is 15.7. The fourth-order valence-corrected chi connectivity index (χ4v) is 3.81. The van der Waals surface area contributed by atoms with E-state index in [9.17, 15) is 4.79 Å². The summed E-state index contributed by atoms with van der Waals surface area (Å²) in [6, 6.07) is 14.2. The van der Waals surface area contributed by atoms with Gasteiger partial charge in [-0.1, -0.05) is 36.8 Å². The number of benzene rings is 2. The molecule has 0 saturated carbocycles. The van der Waals surface area contributed by atoms with E-state index in [-0.39, 0.29) is 5.56 Å². The predicted octanol–water partition coefficient (Wildman–Crippen LogP) is 3.67. The van der Waals surface area contributed by atoms with Crippen LogP contribution in [-0.4, -0.2) is 19.7 Å². The van der Waals surface area contributed by atoms with Gasteiger partial charge in [-0.3, -0.25) is 4.79 Å². The Bertz CT molecular complexity index is 1160. The van der Waals surface area contributed by atoms with E-state index in [4.69, 9.17) is 0 Å². The maximum atomic E-state index is 12.7. The Labute approximate surface area is 144 Å². The molecule has 1 N–H and O–H groups in total. The molecular weight excluding hydrogens is 312 g/mol. The number of hydrogen-bond acceptors (Lipinski definition) is 3. The summed E-state index contributed by atoms with van der Waals surface area (Å²) >= 11 is 0. The van der Waals surface area contributed by atoms with Crippen molar-refractivity contribution in [3.63, 3.8) is 0 Å². The first-order valence-electron chi connectivity index (χ1n) is 8.78. The summed E-state index contributed by atoms with van der Waals surface area (Å²) in [5.41, 5.74) is 1.34. The number of pyridine rings is 1. The first-order chi connectivity index (χ1) is 12.3. The summed E-state index contributed by atoms with van der Waals surface area (Å²) < 4.78 is 2.12. The Morgan fingerprint density at radius 3 is 2.84 bits per heavy atom. The molecule has 0 amide bonds. The Morgan fingerprint density at radius 1 is 0.960 bits per heavy atom. The minimum absolute atomic E-state index is 0.109. The molecule has 0 atom stereocenters. The van der Waals surface area contributed by atoms with Crippen molar-refractivity contribution in [3.8, 4) is 11.4 Å². The molecule has 5 nitrogen and oxygen atoms in total. The van der Waals surface area contributed by atoms with Crippen LogP contribution in [0, 0.1) is 0 Å². The first-order valence-corrected chi connectivity index (χ1v) is 8.78. The highest BCUT2D eigenvalue weighted by Crippen LogP contribution is 2.27. The van der Waals surface area contributed by atoms with Crippen LogP contribution in [0.4, 0.5) is 0 Å². The summed E-state index contributed by atoms with van der Waals surface area (Å²) in [6.45, 7) is 0.880. The van der Waals surface area contributed by atoms with Crippen LogP contribution in [0.25, 0.3) is 33.1 Å². The first kappa shape index (κ1) is 14.4. The zero-order chi connectivity index (χ0) is 16.8. The molecule has 5 rings (SSSR count). The SMILES string of the molecule is O=c1[nH]c2ccc3ccccc3c2cc1-c1nnc2n1CCCCC2. The van der Waals surface area contributed by atoms with Gasteiger partial charge in [0, 0.05) is 23.9 Å². The van der Waals surface area contributed by atoms with Crippen LogP contribution in [0.15, 0.2) is 47.3 Å². The number of H-pyrrole nitrogens is 1. The van der Waals surface area contributed by atoms with Crippen LogP contribution in [-0.2, 0) is 13.0 Å². The summed E-state index contributed by atoms with van der Waals surface area (Å²) in [5.74, 6) is 1.68. The van der Waals surface area contributed by atoms with Crippen molar-refractivity contribution in [1.29, 1.82) is 0 Å². The third kappa shape index (κ3) is 2.27. The van der Waals surface area contributed by atoms with Crippen LogP contribution in [0.3, 0.4) is 0 Å². The van der Waals surface area contributed by atoms with Gasteiger partial charge >= 0.3 is 0 Å². The molecule has 4 aromatic rings. The van der Waals surface area contributed by atoms with Crippen molar-refractivity contribution in [2.45, 2.75) is 32.2 Å². The van der Waals surface area contributed by atoms with Crippen LogP contribution in [0.2, 0.25) is 0 Å². The van der Waals surface area contributed by atoms with E-state index in [1.165, 1.54) is 6.42 Å². The standard InChI is InChI=1S/C20H18N4O/c25-20-16(19-23-22-18-8-2-1-5-11-24(18)19)12-15-14-7-4-3-6-13(14)9-10-17(15)21-20/h3-4,6-7,9-10,12H,1-2,5,8,11H2,(H,21,25). The zero-order valence-electron chi connectivity index (χ0n) is 13.8. The van der Waals surface area contributed by atoms with Crippen molar-refractivity contribution in [3.05, 3.63) is 58.6 Å². The largest absolute Gasteiger partial charge is 0.321 e. The smallest absolute Gasteiger partial charge is 0.259 e. The molecule has 2 aromatic heterocycles. The van der Waals surface area contributed by atoms with Gasteiger partial charge in [-0.05, 0) is 35.7 Å². The van der Waals surface area contributed by atoms with E-state index in [0.717, 1.165) is 53.3 Å². The van der Waals surface area contributed by atoms with Crippen LogP contribution < -0.4 is 5.56 Å². The number of nitrogens with one attached hydrogen (secondary N) is 1. The summed E-state index contributed by atoms with van der Waals surface area (Å²) in [5, 5.41) is 12.0. The van der Waals surface area contributed by atoms with Gasteiger partial charge < -0.3 is 9.55 Å². The molecule has 0 saturated heterocycles. The predicted molar refractivity (Wildman–Crippen MR) is 98.6 cm³/mol. The fraction of sp³-hybridized carbons (Fsp3) is 0.250. The van der Waals surface area contributed by atoms with Crippen molar-refractivity contribution in [1.82, 2.24) is 19.7 Å². The fourth-order valence-electron chi connectivity index (χ4n) is 3.81. The maximum absolute atomic E-state index is 12.7. The topological polar surface area (TPSA) is 63.6 Å². The second-order valence-electron chi connectivity index (χ2n) is 6.66. The van der Waals surface area contributed by atoms with Crippen LogP contribution >= 0.6 is 0 Å². The number of fused-ring (bicyclic) bond motifs is 4. The number of nitrogens with zero attached hydrogens (tertiary/aromatic N) is 3. The van der Waals surface area contributed by atoms with Crippen molar-refractivity contribution < 1.29 is 0 Å². The van der Waals surface area contributed by atoms with Gasteiger partial charge in [-0.25, -0.2) is 0 Å². The molecule has 5 heteroatoms. The lowest BCUT2D eigenvalue weighted by Gasteiger charge is -2.09. The second kappa shape index (κ2) is 5.55. The zero-order valence-corrected chi connectivity index (χ0v) is 13.8. The Kier molecular flexibility index (Phi) is 3.20. The van der Waals surface area contributed by atoms with Gasteiger partial charge in [0.2, 0.25) is 0 Å². The van der Waals surface area contributed by atoms with E-state index >= 15 is 0 Å². The number of aromatic nitrogens is 4. The van der Waals surface area contributed by atoms with E-state index in [1.54, 1.807) is 0 Å². The average Bonchev–Trinajstić information content (AvgIpc) is 2.89. The summed E-state index contributed by atoms with van der Waals surface area (Å²) in [6.07, 6.45) is 4.37. The number of aromatic amines is 1. The highest BCUT2D eigenvalue weighted by atomic mass is 16.1. The Morgan fingerprint density at radius 2 is 1.88 bits per heavy atom. The molecule has 25 heavy (non-hydrogen) atoms. The van der Waals surface area contributed by atoms with E-state index < -0.39 is 0 Å². The lowest BCUT2D eigenvalue weighted by atomic mass is 10.0. The van der Waals surface area contributed by atoms with Gasteiger partial charge in [0.25, 0.3) is 5.56 Å². The van der Waals surface area contributed by atoms with Gasteiger partial charge in [-0.15, -0.1) is 10.2 Å². The molecule has 1 aliphatic heterocycles. The Hall–Kier alpha value is -2.95. The molecule has 0 fully saturated rings. The molecule has 0 radical (unpaired) electrons. The molecule has 1 aliphatic rings. The molecule has 0 spiro atoms. The normalized spacial score (nSPS) is 14.6. The quantitative estimate of drug-likeness (QED) is 0.542. The Balaban J connectivity index is 1.79. The van der Waals surface area contributed by atoms with E-state index in [2.05, 4.69) is 31.9 Å². The van der Waals surface area contributed by atoms with Crippen LogP contribution in [0.1, 0.15) is 25.1 Å². The molecule has 3 heterocycles. The molecule has 2 aromatic carbocycles. The molecule has 124 valence electrons. The lowest BCUT2D eigenvalue weighted by Crippen LogP contribution is -2.13. The molecule has 0 bridgehead atoms. The van der Waals surface area contributed by atoms with Gasteiger partial charge in [0.1, 0.15) is 5.82 Å². The highest BCUT2D eigenvalue weighted by Gasteiger charge is 2.19. The highest BCUT2D eigenvalue weighted by molar-refractivity contribution is 6.06. The van der Waals surface area contributed by atoms with Crippen molar-refractivity contribution in [2.24, 2.45) is 0 Å². The van der Waals surface area contributed by atoms with Gasteiger partial charge in [0.15, 0.2) is 5.82 Å². The molecule has 0 unspecified atom stereocenters. The number of aryl methyl sites for hydroxylation is 1. The maximum Gasteiger partial charge on any atom is 0.259 e. The summed E-state index contributed by atoms with van der Waals surface area (Å²) in [7, 11) is 0. The van der Waals surface area contributed by atoms with Crippen LogP contribution in [0.5, 0.6) is 0 Å². The number of hydrogen-bond donors (Lipinski definition) is 1. The second-order valence-corrected chi connectivity index (χ2v) is 6.66. The minimum atomic E-state index is -0.109. The third-order valence-corrected chi connectivity index (χ3v) is 5.10. The van der Waals surface area contributed by atoms with E-state index in [0.29, 0.717) is 11.4 Å². The molecular formula is C20H18N4O. The third-order valence-electron chi connectivity index (χ3n) is 5.10. The minimum Gasteiger partial charge on any atom is -0.321 e. The van der Waals surface area contributed by atoms with Crippen molar-refractivity contribution >= 4 is 21.7 Å². The number of rotatable bonds is 1. The van der Waals surface area contributed by atoms with Gasteiger partial charge in [0.05, 0.1) is 5.56 Å². The van der Waals surface area contributed by atoms with E-state index in [1.807, 2.05) is 30.3 Å². The van der Waals surface area contributed by atoms with Gasteiger partial charge in [-0.2, -0.15) is 0 Å².